The van der Waals surface area contributed by atoms with Crippen molar-refractivity contribution in [2.75, 3.05) is 0 Å². The summed E-state index contributed by atoms with van der Waals surface area (Å²) in [4.78, 5) is 4.25. The number of nitrogens with zero attached hydrogens (tertiary/aromatic N) is 3. The largest absolute Gasteiger partial charge is 0.392 e. The molecule has 178 valence electrons. The van der Waals surface area contributed by atoms with E-state index >= 15 is 0 Å². The van der Waals surface area contributed by atoms with Gasteiger partial charge in [0.25, 0.3) is 0 Å². The number of benzene rings is 2. The molecule has 3 unspecified atom stereocenters. The molecule has 3 atom stereocenters. The number of rotatable bonds is 6. The number of hydrogen-bond donors (Lipinski definition) is 3. The van der Waals surface area contributed by atoms with Crippen LogP contribution >= 0.6 is 0 Å². The van der Waals surface area contributed by atoms with Gasteiger partial charge in [-0.1, -0.05) is 25.0 Å². The monoisotopic (exact) mass is 466 g/mol. The summed E-state index contributed by atoms with van der Waals surface area (Å²) >= 11 is 0. The molecule has 8 heteroatoms. The Morgan fingerprint density at radius 1 is 1.09 bits per heavy atom. The number of nitrogens with one attached hydrogen (secondary N) is 1. The molecule has 2 aromatic heterocycles. The first-order valence-corrected chi connectivity index (χ1v) is 11.6. The van der Waals surface area contributed by atoms with Crippen LogP contribution in [0.4, 0.5) is 8.78 Å². The Bertz CT molecular complexity index is 1300. The maximum Gasteiger partial charge on any atom is 0.168 e. The van der Waals surface area contributed by atoms with E-state index in [1.165, 1.54) is 6.07 Å². The van der Waals surface area contributed by atoms with Gasteiger partial charge in [-0.15, -0.1) is 0 Å². The topological polar surface area (TPSA) is 75.2 Å². The summed E-state index contributed by atoms with van der Waals surface area (Å²) < 4.78 is 32.8. The van der Waals surface area contributed by atoms with Crippen LogP contribution in [0.3, 0.4) is 0 Å². The van der Waals surface area contributed by atoms with E-state index in [1.807, 2.05) is 46.5 Å². The predicted molar refractivity (Wildman–Crippen MR) is 126 cm³/mol. The summed E-state index contributed by atoms with van der Waals surface area (Å²) in [5.41, 5.74) is 3.63. The minimum atomic E-state index is -1.23. The number of halogens is 2. The molecule has 1 fully saturated rings. The van der Waals surface area contributed by atoms with E-state index in [9.17, 15) is 19.0 Å². The van der Waals surface area contributed by atoms with Crippen LogP contribution < -0.4 is 5.32 Å². The Morgan fingerprint density at radius 3 is 2.56 bits per heavy atom. The van der Waals surface area contributed by atoms with E-state index in [1.54, 1.807) is 12.5 Å². The van der Waals surface area contributed by atoms with Crippen LogP contribution in [0.25, 0.3) is 16.6 Å². The second-order valence-corrected chi connectivity index (χ2v) is 9.08. The highest BCUT2D eigenvalue weighted by atomic mass is 19.2. The van der Waals surface area contributed by atoms with Gasteiger partial charge in [-0.2, -0.15) is 0 Å². The summed E-state index contributed by atoms with van der Waals surface area (Å²) in [6.07, 6.45) is 6.81. The second-order valence-electron chi connectivity index (χ2n) is 9.08. The molecule has 1 saturated carbocycles. The highest BCUT2D eigenvalue weighted by Gasteiger charge is 2.28. The fourth-order valence-corrected chi connectivity index (χ4v) is 4.83. The van der Waals surface area contributed by atoms with E-state index in [0.29, 0.717) is 18.5 Å². The Kier molecular flexibility index (Phi) is 6.20. The van der Waals surface area contributed by atoms with Crippen LogP contribution in [0.2, 0.25) is 0 Å². The number of aryl methyl sites for hydroxylation is 1. The molecule has 4 aromatic rings. The van der Waals surface area contributed by atoms with Crippen molar-refractivity contribution in [1.29, 1.82) is 0 Å². The number of imidazole rings is 1. The van der Waals surface area contributed by atoms with Gasteiger partial charge in [0.05, 0.1) is 23.6 Å². The first-order valence-electron chi connectivity index (χ1n) is 11.6. The molecule has 0 radical (unpaired) electrons. The molecular weight excluding hydrogens is 438 g/mol. The molecule has 0 aliphatic heterocycles. The van der Waals surface area contributed by atoms with E-state index < -0.39 is 24.0 Å². The predicted octanol–water partition coefficient (Wildman–Crippen LogP) is 4.35. The van der Waals surface area contributed by atoms with Crippen LogP contribution in [0.15, 0.2) is 55.1 Å². The molecule has 0 amide bonds. The number of fused-ring (bicyclic) bond motifs is 1. The van der Waals surface area contributed by atoms with Crippen molar-refractivity contribution in [2.24, 2.45) is 0 Å². The molecule has 34 heavy (non-hydrogen) atoms. The molecule has 5 rings (SSSR count). The zero-order valence-electron chi connectivity index (χ0n) is 19.0. The number of aromatic nitrogens is 3. The van der Waals surface area contributed by atoms with Gasteiger partial charge in [0.15, 0.2) is 11.6 Å². The van der Waals surface area contributed by atoms with Gasteiger partial charge in [0, 0.05) is 41.6 Å². The zero-order valence-corrected chi connectivity index (χ0v) is 19.0. The van der Waals surface area contributed by atoms with Gasteiger partial charge in [-0.3, -0.25) is 5.32 Å². The van der Waals surface area contributed by atoms with Crippen LogP contribution in [-0.4, -0.2) is 36.5 Å². The average Bonchev–Trinajstić information content (AvgIpc) is 3.42. The van der Waals surface area contributed by atoms with Gasteiger partial charge < -0.3 is 19.3 Å². The average molecular weight is 467 g/mol. The summed E-state index contributed by atoms with van der Waals surface area (Å²) in [5, 5.41) is 24.3. The van der Waals surface area contributed by atoms with Gasteiger partial charge >= 0.3 is 0 Å². The number of aliphatic hydroxyl groups is 2. The third kappa shape index (κ3) is 4.36. The minimum absolute atomic E-state index is 0.0517. The SMILES string of the molecule is Cc1cn(-c2ccc(Cn3cc(C(O)NC4CCCCC4O)c4c(F)c(F)ccc43)cc2)cn1. The Labute approximate surface area is 196 Å². The molecule has 2 aromatic carbocycles. The smallest absolute Gasteiger partial charge is 0.168 e. The molecule has 6 nitrogen and oxygen atoms in total. The number of aliphatic hydroxyl groups excluding tert-OH is 2. The maximum absolute atomic E-state index is 14.9. The van der Waals surface area contributed by atoms with Crippen molar-refractivity contribution in [3.8, 4) is 5.69 Å². The molecular formula is C26H28F2N4O2. The number of hydrogen-bond acceptors (Lipinski definition) is 4. The van der Waals surface area contributed by atoms with Crippen molar-refractivity contribution >= 4 is 10.9 Å². The molecule has 0 spiro atoms. The van der Waals surface area contributed by atoms with Crippen LogP contribution in [0.1, 0.15) is 48.7 Å². The summed E-state index contributed by atoms with van der Waals surface area (Å²) in [6.45, 7) is 2.35. The van der Waals surface area contributed by atoms with Crippen molar-refractivity contribution in [2.45, 2.75) is 57.5 Å². The van der Waals surface area contributed by atoms with Crippen LogP contribution in [0.5, 0.6) is 0 Å². The second kappa shape index (κ2) is 9.29. The molecule has 1 aliphatic rings. The molecule has 3 N–H and O–H groups in total. The lowest BCUT2D eigenvalue weighted by molar-refractivity contribution is 0.0433. The normalized spacial score (nSPS) is 19.6. The molecule has 0 bridgehead atoms. The summed E-state index contributed by atoms with van der Waals surface area (Å²) in [7, 11) is 0. The molecule has 2 heterocycles. The van der Waals surface area contributed by atoms with Crippen molar-refractivity contribution in [3.05, 3.63) is 83.6 Å². The third-order valence-corrected chi connectivity index (χ3v) is 6.66. The third-order valence-electron chi connectivity index (χ3n) is 6.66. The zero-order chi connectivity index (χ0) is 23.8. The summed E-state index contributed by atoms with van der Waals surface area (Å²) in [6, 6.07) is 10.2. The minimum Gasteiger partial charge on any atom is -0.392 e. The van der Waals surface area contributed by atoms with Crippen LogP contribution in [0, 0.1) is 18.6 Å². The van der Waals surface area contributed by atoms with E-state index in [-0.39, 0.29) is 17.0 Å². The lowest BCUT2D eigenvalue weighted by atomic mass is 9.92. The van der Waals surface area contributed by atoms with Gasteiger partial charge in [0.1, 0.15) is 6.23 Å². The molecule has 0 saturated heterocycles. The fraction of sp³-hybridized carbons (Fsp3) is 0.346. The van der Waals surface area contributed by atoms with Gasteiger partial charge in [-0.25, -0.2) is 13.8 Å². The van der Waals surface area contributed by atoms with Crippen molar-refractivity contribution in [1.82, 2.24) is 19.4 Å². The van der Waals surface area contributed by atoms with Gasteiger partial charge in [-0.05, 0) is 49.6 Å². The first-order chi connectivity index (χ1) is 16.4. The van der Waals surface area contributed by atoms with E-state index in [0.717, 1.165) is 42.3 Å². The molecule has 1 aliphatic carbocycles. The van der Waals surface area contributed by atoms with Crippen molar-refractivity contribution in [3.63, 3.8) is 0 Å². The van der Waals surface area contributed by atoms with Crippen molar-refractivity contribution < 1.29 is 19.0 Å². The Hall–Kier alpha value is -3.07. The standard InChI is InChI=1S/C26H28F2N4O2/c1-16-12-32(15-29-16)18-8-6-17(7-9-18)13-31-14-19(24-22(31)11-10-20(27)25(24)28)26(34)30-21-4-2-3-5-23(21)33/h6-12,14-15,21,23,26,30,33-34H,2-5,13H2,1H3. The maximum atomic E-state index is 14.9. The van der Waals surface area contributed by atoms with E-state index in [4.69, 9.17) is 0 Å². The highest BCUT2D eigenvalue weighted by Crippen LogP contribution is 2.31. The Balaban J connectivity index is 1.45. The highest BCUT2D eigenvalue weighted by molar-refractivity contribution is 5.85. The quantitative estimate of drug-likeness (QED) is 0.370. The first kappa shape index (κ1) is 22.7. The van der Waals surface area contributed by atoms with Crippen LogP contribution in [-0.2, 0) is 6.54 Å². The van der Waals surface area contributed by atoms with E-state index in [2.05, 4.69) is 10.3 Å². The lowest BCUT2D eigenvalue weighted by Crippen LogP contribution is -2.43. The fourth-order valence-electron chi connectivity index (χ4n) is 4.83. The van der Waals surface area contributed by atoms with Gasteiger partial charge in [0.2, 0.25) is 0 Å². The summed E-state index contributed by atoms with van der Waals surface area (Å²) in [5.74, 6) is -1.95. The lowest BCUT2D eigenvalue weighted by Gasteiger charge is -2.30. The Morgan fingerprint density at radius 2 is 1.85 bits per heavy atom.